The Morgan fingerprint density at radius 1 is 1.11 bits per heavy atom. The number of hydrogen-bond acceptors (Lipinski definition) is 2. The molecule has 2 saturated carbocycles. The molecule has 1 aromatic rings. The quantitative estimate of drug-likeness (QED) is 0.713. The Morgan fingerprint density at radius 2 is 1.84 bits per heavy atom. The van der Waals surface area contributed by atoms with Gasteiger partial charge in [-0.25, -0.2) is 4.98 Å². The Kier molecular flexibility index (Phi) is 3.81. The van der Waals surface area contributed by atoms with E-state index in [-0.39, 0.29) is 0 Å². The Balaban J connectivity index is 1.62. The van der Waals surface area contributed by atoms with Crippen LogP contribution >= 0.6 is 0 Å². The maximum Gasteiger partial charge on any atom is 0.127 e. The van der Waals surface area contributed by atoms with Gasteiger partial charge in [-0.15, -0.1) is 0 Å². The molecular weight excluding hydrogens is 234 g/mol. The van der Waals surface area contributed by atoms with Gasteiger partial charge in [0.05, 0.1) is 5.69 Å². The minimum Gasteiger partial charge on any atom is -0.384 e. The number of rotatable bonds is 8. The van der Waals surface area contributed by atoms with Gasteiger partial charge in [-0.2, -0.15) is 0 Å². The van der Waals surface area contributed by atoms with Gasteiger partial charge < -0.3 is 10.3 Å². The Hall–Kier alpha value is -0.990. The molecule has 0 aromatic carbocycles. The smallest absolute Gasteiger partial charge is 0.127 e. The molecule has 2 N–H and O–H groups in total. The molecule has 106 valence electrons. The summed E-state index contributed by atoms with van der Waals surface area (Å²) in [6.45, 7) is 2.26. The van der Waals surface area contributed by atoms with E-state index in [4.69, 9.17) is 10.7 Å². The van der Waals surface area contributed by atoms with Gasteiger partial charge in [0, 0.05) is 12.0 Å². The van der Waals surface area contributed by atoms with E-state index in [1.807, 2.05) is 0 Å². The highest BCUT2D eigenvalue weighted by atomic mass is 15.2. The number of nitrogens with zero attached hydrogens (tertiary/aromatic N) is 2. The number of aromatic nitrogens is 2. The second-order valence-electron chi connectivity index (χ2n) is 6.34. The molecule has 0 bridgehead atoms. The molecule has 3 nitrogen and oxygen atoms in total. The third-order valence-electron chi connectivity index (χ3n) is 4.42. The number of anilines is 1. The van der Waals surface area contributed by atoms with Crippen LogP contribution in [-0.2, 0) is 6.42 Å². The van der Waals surface area contributed by atoms with E-state index >= 15 is 0 Å². The SMILES string of the molecule is CCCCCCCc1nc(C2CC2)n(C2CC2)c1N. The van der Waals surface area contributed by atoms with Gasteiger partial charge in [-0.05, 0) is 38.5 Å². The third kappa shape index (κ3) is 2.96. The van der Waals surface area contributed by atoms with Crippen LogP contribution in [0.2, 0.25) is 0 Å². The van der Waals surface area contributed by atoms with Gasteiger partial charge in [0.25, 0.3) is 0 Å². The first kappa shape index (κ1) is 13.0. The molecule has 0 atom stereocenters. The normalized spacial score (nSPS) is 19.0. The van der Waals surface area contributed by atoms with E-state index in [1.54, 1.807) is 0 Å². The highest BCUT2D eigenvalue weighted by Gasteiger charge is 2.36. The van der Waals surface area contributed by atoms with Crippen LogP contribution in [0.4, 0.5) is 5.82 Å². The molecule has 2 aliphatic carbocycles. The second kappa shape index (κ2) is 5.56. The first-order chi connectivity index (χ1) is 9.31. The predicted octanol–water partition coefficient (Wildman–Crippen LogP) is 4.19. The van der Waals surface area contributed by atoms with Crippen molar-refractivity contribution >= 4 is 5.82 Å². The number of aryl methyl sites for hydroxylation is 1. The number of hydrogen-bond donors (Lipinski definition) is 1. The molecule has 2 aliphatic rings. The van der Waals surface area contributed by atoms with E-state index in [9.17, 15) is 0 Å². The van der Waals surface area contributed by atoms with Crippen molar-refractivity contribution in [3.05, 3.63) is 11.5 Å². The van der Waals surface area contributed by atoms with Crippen LogP contribution in [-0.4, -0.2) is 9.55 Å². The lowest BCUT2D eigenvalue weighted by molar-refractivity contribution is 0.629. The van der Waals surface area contributed by atoms with Gasteiger partial charge >= 0.3 is 0 Å². The molecule has 1 aromatic heterocycles. The summed E-state index contributed by atoms with van der Waals surface area (Å²) in [6.07, 6.45) is 12.9. The maximum atomic E-state index is 6.35. The predicted molar refractivity (Wildman–Crippen MR) is 79.3 cm³/mol. The molecule has 0 amide bonds. The fourth-order valence-corrected chi connectivity index (χ4v) is 2.94. The lowest BCUT2D eigenvalue weighted by atomic mass is 10.1. The Morgan fingerprint density at radius 3 is 2.47 bits per heavy atom. The van der Waals surface area contributed by atoms with Crippen LogP contribution < -0.4 is 5.73 Å². The monoisotopic (exact) mass is 261 g/mol. The molecule has 0 unspecified atom stereocenters. The standard InChI is InChI=1S/C16H27N3/c1-2-3-4-5-6-7-14-15(17)19(13-10-11-13)16(18-14)12-8-9-12/h12-13H,2-11,17H2,1H3. The first-order valence-corrected chi connectivity index (χ1v) is 8.17. The largest absolute Gasteiger partial charge is 0.384 e. The third-order valence-corrected chi connectivity index (χ3v) is 4.42. The summed E-state index contributed by atoms with van der Waals surface area (Å²) in [4.78, 5) is 4.89. The highest BCUT2D eigenvalue weighted by Crippen LogP contribution is 2.46. The lowest BCUT2D eigenvalue weighted by Gasteiger charge is -2.07. The maximum absolute atomic E-state index is 6.35. The van der Waals surface area contributed by atoms with Crippen LogP contribution in [0.3, 0.4) is 0 Å². The van der Waals surface area contributed by atoms with Gasteiger partial charge in [-0.1, -0.05) is 32.6 Å². The summed E-state index contributed by atoms with van der Waals surface area (Å²) >= 11 is 0. The molecule has 3 heteroatoms. The first-order valence-electron chi connectivity index (χ1n) is 8.17. The molecule has 0 saturated heterocycles. The molecular formula is C16H27N3. The summed E-state index contributed by atoms with van der Waals surface area (Å²) < 4.78 is 2.37. The summed E-state index contributed by atoms with van der Waals surface area (Å²) in [6, 6.07) is 0.678. The average Bonchev–Trinajstić information content (AvgIpc) is 3.28. The number of nitrogens with two attached hydrogens (primary N) is 1. The Bertz CT molecular complexity index is 427. The van der Waals surface area contributed by atoms with Gasteiger partial charge in [0.1, 0.15) is 11.6 Å². The molecule has 2 fully saturated rings. The van der Waals surface area contributed by atoms with Crippen LogP contribution in [0.25, 0.3) is 0 Å². The van der Waals surface area contributed by atoms with Gasteiger partial charge in [0.15, 0.2) is 0 Å². The van der Waals surface area contributed by atoms with Gasteiger partial charge in [0.2, 0.25) is 0 Å². The minimum atomic E-state index is 0.678. The van der Waals surface area contributed by atoms with Crippen molar-refractivity contribution in [1.82, 2.24) is 9.55 Å². The zero-order valence-electron chi connectivity index (χ0n) is 12.2. The van der Waals surface area contributed by atoms with E-state index < -0.39 is 0 Å². The van der Waals surface area contributed by atoms with E-state index in [0.717, 1.165) is 18.2 Å². The number of unbranched alkanes of at least 4 members (excludes halogenated alkanes) is 4. The van der Waals surface area contributed by atoms with Crippen LogP contribution in [0.15, 0.2) is 0 Å². The van der Waals surface area contributed by atoms with Crippen molar-refractivity contribution in [2.45, 2.75) is 83.1 Å². The fourth-order valence-electron chi connectivity index (χ4n) is 2.94. The molecule has 0 radical (unpaired) electrons. The van der Waals surface area contributed by atoms with Crippen molar-refractivity contribution in [2.24, 2.45) is 0 Å². The van der Waals surface area contributed by atoms with Crippen LogP contribution in [0.1, 0.15) is 88.2 Å². The van der Waals surface area contributed by atoms with E-state index in [2.05, 4.69) is 11.5 Å². The lowest BCUT2D eigenvalue weighted by Crippen LogP contribution is -2.04. The summed E-state index contributed by atoms with van der Waals surface area (Å²) in [5.41, 5.74) is 7.54. The fraction of sp³-hybridized carbons (Fsp3) is 0.812. The zero-order chi connectivity index (χ0) is 13.2. The van der Waals surface area contributed by atoms with E-state index in [1.165, 1.54) is 69.3 Å². The second-order valence-corrected chi connectivity index (χ2v) is 6.34. The zero-order valence-corrected chi connectivity index (χ0v) is 12.2. The highest BCUT2D eigenvalue weighted by molar-refractivity contribution is 5.41. The van der Waals surface area contributed by atoms with Crippen LogP contribution in [0, 0.1) is 0 Å². The molecule has 1 heterocycles. The molecule has 19 heavy (non-hydrogen) atoms. The van der Waals surface area contributed by atoms with Gasteiger partial charge in [-0.3, -0.25) is 0 Å². The summed E-state index contributed by atoms with van der Waals surface area (Å²) in [7, 11) is 0. The average molecular weight is 261 g/mol. The van der Waals surface area contributed by atoms with Crippen molar-refractivity contribution in [1.29, 1.82) is 0 Å². The van der Waals surface area contributed by atoms with Crippen LogP contribution in [0.5, 0.6) is 0 Å². The van der Waals surface area contributed by atoms with Crippen molar-refractivity contribution < 1.29 is 0 Å². The molecule has 3 rings (SSSR count). The summed E-state index contributed by atoms with van der Waals surface area (Å²) in [5.74, 6) is 3.01. The molecule has 0 spiro atoms. The minimum absolute atomic E-state index is 0.678. The topological polar surface area (TPSA) is 43.8 Å². The van der Waals surface area contributed by atoms with Crippen molar-refractivity contribution in [3.63, 3.8) is 0 Å². The number of nitrogen functional groups attached to an aromatic ring is 1. The van der Waals surface area contributed by atoms with Crippen molar-refractivity contribution in [2.75, 3.05) is 5.73 Å². The van der Waals surface area contributed by atoms with E-state index in [0.29, 0.717) is 6.04 Å². The summed E-state index contributed by atoms with van der Waals surface area (Å²) in [5, 5.41) is 0. The number of imidazole rings is 1. The molecule has 0 aliphatic heterocycles. The Labute approximate surface area is 116 Å². The van der Waals surface area contributed by atoms with Crippen molar-refractivity contribution in [3.8, 4) is 0 Å².